The molecule has 1 spiro atoms. The van der Waals surface area contributed by atoms with Gasteiger partial charge < -0.3 is 10.2 Å². The lowest BCUT2D eigenvalue weighted by atomic mass is 9.80. The van der Waals surface area contributed by atoms with Gasteiger partial charge >= 0.3 is 0 Å². The predicted octanol–water partition coefficient (Wildman–Crippen LogP) is 3.10. The Morgan fingerprint density at radius 2 is 1.84 bits per heavy atom. The lowest BCUT2D eigenvalue weighted by Crippen LogP contribution is -2.42. The van der Waals surface area contributed by atoms with Crippen molar-refractivity contribution in [1.82, 2.24) is 10.2 Å². The summed E-state index contributed by atoms with van der Waals surface area (Å²) in [6.07, 6.45) is 2.88. The molecule has 3 nitrogen and oxygen atoms in total. The van der Waals surface area contributed by atoms with E-state index in [4.69, 9.17) is 0 Å². The van der Waals surface area contributed by atoms with Gasteiger partial charge in [0.2, 0.25) is 5.91 Å². The Balaban J connectivity index is 1.45. The number of likely N-dealkylation sites (tertiary alicyclic amines) is 1. The van der Waals surface area contributed by atoms with E-state index in [-0.39, 0.29) is 11.3 Å². The molecule has 1 N–H and O–H groups in total. The summed E-state index contributed by atoms with van der Waals surface area (Å²) in [5.74, 6) is 0.238. The first kappa shape index (κ1) is 16.3. The molecule has 2 aromatic rings. The summed E-state index contributed by atoms with van der Waals surface area (Å²) >= 11 is 0. The van der Waals surface area contributed by atoms with E-state index < -0.39 is 0 Å². The van der Waals surface area contributed by atoms with E-state index in [9.17, 15) is 4.79 Å². The first-order valence-electron chi connectivity index (χ1n) is 9.28. The molecule has 0 bridgehead atoms. The molecule has 2 heterocycles. The van der Waals surface area contributed by atoms with Crippen LogP contribution in [0.1, 0.15) is 28.7 Å². The highest BCUT2D eigenvalue weighted by Gasteiger charge is 2.45. The van der Waals surface area contributed by atoms with Crippen LogP contribution in [0, 0.1) is 12.3 Å². The molecule has 3 heteroatoms. The lowest BCUT2D eigenvalue weighted by Gasteiger charge is -2.26. The van der Waals surface area contributed by atoms with Crippen molar-refractivity contribution in [3.05, 3.63) is 70.8 Å². The number of aryl methyl sites for hydroxylation is 1. The summed E-state index contributed by atoms with van der Waals surface area (Å²) in [6, 6.07) is 17.3. The zero-order valence-corrected chi connectivity index (χ0v) is 14.9. The van der Waals surface area contributed by atoms with Crippen LogP contribution in [0.3, 0.4) is 0 Å². The molecule has 4 rings (SSSR count). The second-order valence-electron chi connectivity index (χ2n) is 7.67. The Bertz CT molecular complexity index is 768. The SMILES string of the molecule is Cc1ccc(CCN2CCC3(Cc4ccccc4CNC3=O)C2)cc1. The summed E-state index contributed by atoms with van der Waals surface area (Å²) in [4.78, 5) is 15.3. The van der Waals surface area contributed by atoms with Crippen LogP contribution < -0.4 is 5.32 Å². The van der Waals surface area contributed by atoms with Gasteiger partial charge in [-0.15, -0.1) is 0 Å². The molecule has 1 atom stereocenters. The highest BCUT2D eigenvalue weighted by atomic mass is 16.2. The smallest absolute Gasteiger partial charge is 0.228 e. The number of carbonyl (C=O) groups is 1. The Morgan fingerprint density at radius 1 is 1.08 bits per heavy atom. The molecule has 1 unspecified atom stereocenters. The molecule has 1 saturated heterocycles. The molecule has 0 aliphatic carbocycles. The fraction of sp³-hybridized carbons (Fsp3) is 0.409. The molecule has 2 aromatic carbocycles. The van der Waals surface area contributed by atoms with Crippen LogP contribution in [0.25, 0.3) is 0 Å². The summed E-state index contributed by atoms with van der Waals surface area (Å²) in [5.41, 5.74) is 5.03. The van der Waals surface area contributed by atoms with E-state index in [0.29, 0.717) is 6.54 Å². The van der Waals surface area contributed by atoms with Gasteiger partial charge in [-0.2, -0.15) is 0 Å². The van der Waals surface area contributed by atoms with Crippen molar-refractivity contribution < 1.29 is 4.79 Å². The minimum Gasteiger partial charge on any atom is -0.351 e. The Kier molecular flexibility index (Phi) is 4.34. The van der Waals surface area contributed by atoms with Crippen molar-refractivity contribution >= 4 is 5.91 Å². The number of amides is 1. The van der Waals surface area contributed by atoms with Gasteiger partial charge in [0.05, 0.1) is 5.41 Å². The third kappa shape index (κ3) is 3.34. The van der Waals surface area contributed by atoms with Crippen molar-refractivity contribution in [2.24, 2.45) is 5.41 Å². The van der Waals surface area contributed by atoms with E-state index in [0.717, 1.165) is 38.9 Å². The summed E-state index contributed by atoms with van der Waals surface area (Å²) in [5, 5.41) is 3.17. The van der Waals surface area contributed by atoms with Gasteiger partial charge in [-0.05, 0) is 49.4 Å². The van der Waals surface area contributed by atoms with Gasteiger partial charge in [-0.1, -0.05) is 54.1 Å². The minimum absolute atomic E-state index is 0.238. The Morgan fingerprint density at radius 3 is 2.64 bits per heavy atom. The highest BCUT2D eigenvalue weighted by molar-refractivity contribution is 5.84. The quantitative estimate of drug-likeness (QED) is 0.935. The molecule has 1 fully saturated rings. The Hall–Kier alpha value is -2.13. The molecular weight excluding hydrogens is 308 g/mol. The summed E-state index contributed by atoms with van der Waals surface area (Å²) in [7, 11) is 0. The van der Waals surface area contributed by atoms with Crippen LogP contribution in [0.15, 0.2) is 48.5 Å². The number of fused-ring (bicyclic) bond motifs is 1. The number of benzene rings is 2. The molecule has 0 saturated carbocycles. The standard InChI is InChI=1S/C22H26N2O/c1-17-6-8-18(9-7-17)10-12-24-13-11-22(16-24)14-19-4-2-3-5-20(19)15-23-21(22)25/h2-9H,10-16H2,1H3,(H,23,25). The van der Waals surface area contributed by atoms with E-state index in [1.165, 1.54) is 22.3 Å². The minimum atomic E-state index is -0.250. The van der Waals surface area contributed by atoms with Gasteiger partial charge in [0, 0.05) is 19.6 Å². The van der Waals surface area contributed by atoms with E-state index in [2.05, 4.69) is 65.7 Å². The molecule has 2 aliphatic rings. The molecule has 25 heavy (non-hydrogen) atoms. The van der Waals surface area contributed by atoms with Crippen molar-refractivity contribution in [3.63, 3.8) is 0 Å². The average molecular weight is 334 g/mol. The van der Waals surface area contributed by atoms with E-state index >= 15 is 0 Å². The molecule has 130 valence electrons. The van der Waals surface area contributed by atoms with Crippen molar-refractivity contribution in [3.8, 4) is 0 Å². The largest absolute Gasteiger partial charge is 0.351 e. The molecule has 2 aliphatic heterocycles. The van der Waals surface area contributed by atoms with E-state index in [1.807, 2.05) is 0 Å². The lowest BCUT2D eigenvalue weighted by molar-refractivity contribution is -0.130. The molecular formula is C22H26N2O. The van der Waals surface area contributed by atoms with Crippen LogP contribution in [-0.2, 0) is 24.2 Å². The number of nitrogens with one attached hydrogen (secondary N) is 1. The number of nitrogens with zero attached hydrogens (tertiary/aromatic N) is 1. The number of hydrogen-bond acceptors (Lipinski definition) is 2. The van der Waals surface area contributed by atoms with Crippen molar-refractivity contribution in [1.29, 1.82) is 0 Å². The second-order valence-corrected chi connectivity index (χ2v) is 7.67. The zero-order valence-electron chi connectivity index (χ0n) is 14.9. The topological polar surface area (TPSA) is 32.3 Å². The van der Waals surface area contributed by atoms with Crippen LogP contribution in [0.5, 0.6) is 0 Å². The second kappa shape index (κ2) is 6.64. The fourth-order valence-electron chi connectivity index (χ4n) is 4.23. The molecule has 0 aromatic heterocycles. The van der Waals surface area contributed by atoms with Gasteiger partial charge in [0.15, 0.2) is 0 Å². The van der Waals surface area contributed by atoms with Crippen molar-refractivity contribution in [2.45, 2.75) is 32.7 Å². The zero-order chi connectivity index (χ0) is 17.3. The van der Waals surface area contributed by atoms with Gasteiger partial charge in [0.25, 0.3) is 0 Å². The maximum Gasteiger partial charge on any atom is 0.228 e. The first-order valence-corrected chi connectivity index (χ1v) is 9.28. The monoisotopic (exact) mass is 334 g/mol. The third-order valence-corrected chi connectivity index (χ3v) is 5.84. The van der Waals surface area contributed by atoms with Crippen LogP contribution in [-0.4, -0.2) is 30.4 Å². The average Bonchev–Trinajstić information content (AvgIpc) is 2.98. The predicted molar refractivity (Wildman–Crippen MR) is 100 cm³/mol. The normalized spacial score (nSPS) is 23.3. The van der Waals surface area contributed by atoms with Crippen LogP contribution in [0.4, 0.5) is 0 Å². The van der Waals surface area contributed by atoms with Crippen molar-refractivity contribution in [2.75, 3.05) is 19.6 Å². The molecule has 0 radical (unpaired) electrons. The maximum atomic E-state index is 12.8. The van der Waals surface area contributed by atoms with Crippen LogP contribution >= 0.6 is 0 Å². The number of hydrogen-bond donors (Lipinski definition) is 1. The van der Waals surface area contributed by atoms with Gasteiger partial charge in [-0.25, -0.2) is 0 Å². The third-order valence-electron chi connectivity index (χ3n) is 5.84. The molecule has 1 amide bonds. The Labute approximate surface area is 150 Å². The summed E-state index contributed by atoms with van der Waals surface area (Å²) in [6.45, 7) is 5.71. The highest BCUT2D eigenvalue weighted by Crippen LogP contribution is 2.37. The van der Waals surface area contributed by atoms with Gasteiger partial charge in [-0.3, -0.25) is 4.79 Å². The van der Waals surface area contributed by atoms with E-state index in [1.54, 1.807) is 0 Å². The number of rotatable bonds is 3. The summed E-state index contributed by atoms with van der Waals surface area (Å²) < 4.78 is 0. The first-order chi connectivity index (χ1) is 12.1. The van der Waals surface area contributed by atoms with Gasteiger partial charge in [0.1, 0.15) is 0 Å². The number of carbonyl (C=O) groups excluding carboxylic acids is 1. The fourth-order valence-corrected chi connectivity index (χ4v) is 4.23. The van der Waals surface area contributed by atoms with Crippen LogP contribution in [0.2, 0.25) is 0 Å². The maximum absolute atomic E-state index is 12.8.